The molecule has 0 saturated carbocycles. The lowest BCUT2D eigenvalue weighted by atomic mass is 10.0. The van der Waals surface area contributed by atoms with Gasteiger partial charge in [0.05, 0.1) is 36.1 Å². The number of ether oxygens (including phenoxy) is 2. The van der Waals surface area contributed by atoms with Gasteiger partial charge in [-0.05, 0) is 30.7 Å². The zero-order valence-electron chi connectivity index (χ0n) is 15.2. The molecule has 9 heteroatoms. The summed E-state index contributed by atoms with van der Waals surface area (Å²) in [4.78, 5) is 4.35. The van der Waals surface area contributed by atoms with Crippen LogP contribution in [0.5, 0.6) is 0 Å². The topological polar surface area (TPSA) is 30.8 Å². The summed E-state index contributed by atoms with van der Waals surface area (Å²) in [5, 5.41) is 0. The molecule has 2 aromatic rings. The molecule has 0 fully saturated rings. The SMILES string of the molecule is C[C@@H](O[C@H]1OCCN=C1c1ccccc1)c1cc(C(F)(F)F)cc(C(F)(F)F)c1. The molecule has 0 aliphatic carbocycles. The molecule has 0 amide bonds. The van der Waals surface area contributed by atoms with E-state index in [0.717, 1.165) is 0 Å². The van der Waals surface area contributed by atoms with Crippen LogP contribution in [0.25, 0.3) is 0 Å². The van der Waals surface area contributed by atoms with Gasteiger partial charge in [0.25, 0.3) is 0 Å². The molecule has 3 nitrogen and oxygen atoms in total. The minimum atomic E-state index is -4.92. The first kappa shape index (κ1) is 21.3. The van der Waals surface area contributed by atoms with E-state index in [4.69, 9.17) is 9.47 Å². The van der Waals surface area contributed by atoms with Gasteiger partial charge in [-0.1, -0.05) is 30.3 Å². The molecule has 1 aliphatic rings. The number of hydrogen-bond acceptors (Lipinski definition) is 3. The molecule has 0 saturated heterocycles. The van der Waals surface area contributed by atoms with Crippen molar-refractivity contribution in [2.24, 2.45) is 4.99 Å². The van der Waals surface area contributed by atoms with Gasteiger partial charge in [-0.2, -0.15) is 26.3 Å². The van der Waals surface area contributed by atoms with Crippen molar-refractivity contribution >= 4 is 5.71 Å². The van der Waals surface area contributed by atoms with Gasteiger partial charge in [0.1, 0.15) is 0 Å². The van der Waals surface area contributed by atoms with Gasteiger partial charge in [-0.3, -0.25) is 4.99 Å². The first-order chi connectivity index (χ1) is 13.6. The average Bonchev–Trinajstić information content (AvgIpc) is 2.67. The molecular weight excluding hydrogens is 400 g/mol. The third-order valence-corrected chi connectivity index (χ3v) is 4.34. The maximum atomic E-state index is 13.1. The van der Waals surface area contributed by atoms with Gasteiger partial charge in [-0.25, -0.2) is 0 Å². The molecule has 2 atom stereocenters. The summed E-state index contributed by atoms with van der Waals surface area (Å²) in [6, 6.07) is 10.3. The Morgan fingerprint density at radius 3 is 2.10 bits per heavy atom. The molecule has 0 spiro atoms. The summed E-state index contributed by atoms with van der Waals surface area (Å²) in [7, 11) is 0. The van der Waals surface area contributed by atoms with E-state index in [2.05, 4.69) is 4.99 Å². The van der Waals surface area contributed by atoms with Gasteiger partial charge in [0.2, 0.25) is 6.29 Å². The van der Waals surface area contributed by atoms with Crippen molar-refractivity contribution < 1.29 is 35.8 Å². The van der Waals surface area contributed by atoms with Crippen LogP contribution in [0.15, 0.2) is 53.5 Å². The molecule has 0 unspecified atom stereocenters. The predicted octanol–water partition coefficient (Wildman–Crippen LogP) is 5.65. The van der Waals surface area contributed by atoms with Crippen LogP contribution in [-0.4, -0.2) is 25.2 Å². The highest BCUT2D eigenvalue weighted by atomic mass is 19.4. The lowest BCUT2D eigenvalue weighted by molar-refractivity contribution is -0.144. The van der Waals surface area contributed by atoms with E-state index in [1.54, 1.807) is 30.3 Å². The first-order valence-corrected chi connectivity index (χ1v) is 8.72. The average molecular weight is 417 g/mol. The largest absolute Gasteiger partial charge is 0.416 e. The van der Waals surface area contributed by atoms with E-state index in [1.165, 1.54) is 6.92 Å². The first-order valence-electron chi connectivity index (χ1n) is 8.72. The molecule has 0 aromatic heterocycles. The number of nitrogens with zero attached hydrogens (tertiary/aromatic N) is 1. The van der Waals surface area contributed by atoms with Crippen LogP contribution in [-0.2, 0) is 21.8 Å². The molecule has 1 aliphatic heterocycles. The number of benzene rings is 2. The lowest BCUT2D eigenvalue weighted by Crippen LogP contribution is -2.34. The van der Waals surface area contributed by atoms with Crippen LogP contribution in [0.4, 0.5) is 26.3 Å². The summed E-state index contributed by atoms with van der Waals surface area (Å²) in [5.41, 5.74) is -1.90. The number of alkyl halides is 6. The van der Waals surface area contributed by atoms with Crippen LogP contribution < -0.4 is 0 Å². The third kappa shape index (κ3) is 5.16. The molecule has 29 heavy (non-hydrogen) atoms. The second-order valence-electron chi connectivity index (χ2n) is 6.45. The second kappa shape index (κ2) is 8.16. The van der Waals surface area contributed by atoms with E-state index in [9.17, 15) is 26.3 Å². The quantitative estimate of drug-likeness (QED) is 0.603. The van der Waals surface area contributed by atoms with Crippen LogP contribution in [0.3, 0.4) is 0 Å². The second-order valence-corrected chi connectivity index (χ2v) is 6.45. The Labute approximate surface area is 163 Å². The zero-order chi connectivity index (χ0) is 21.2. The van der Waals surface area contributed by atoms with Crippen LogP contribution in [0, 0.1) is 0 Å². The summed E-state index contributed by atoms with van der Waals surface area (Å²) >= 11 is 0. The molecule has 1 heterocycles. The number of hydrogen-bond donors (Lipinski definition) is 0. The minimum absolute atomic E-state index is 0.0875. The molecular formula is C20H17F6NO2. The summed E-state index contributed by atoms with van der Waals surface area (Å²) in [5.74, 6) is 0. The van der Waals surface area contributed by atoms with Gasteiger partial charge >= 0.3 is 12.4 Å². The Morgan fingerprint density at radius 1 is 0.966 bits per heavy atom. The van der Waals surface area contributed by atoms with Gasteiger partial charge < -0.3 is 9.47 Å². The van der Waals surface area contributed by atoms with Crippen molar-refractivity contribution in [1.29, 1.82) is 0 Å². The van der Waals surface area contributed by atoms with Crippen molar-refractivity contribution in [3.63, 3.8) is 0 Å². The summed E-state index contributed by atoms with van der Waals surface area (Å²) in [6.45, 7) is 1.97. The fraction of sp³-hybridized carbons (Fsp3) is 0.350. The van der Waals surface area contributed by atoms with Gasteiger partial charge in [0.15, 0.2) is 0 Å². The van der Waals surface area contributed by atoms with E-state index >= 15 is 0 Å². The third-order valence-electron chi connectivity index (χ3n) is 4.34. The Bertz CT molecular complexity index is 845. The highest BCUT2D eigenvalue weighted by molar-refractivity contribution is 6.03. The van der Waals surface area contributed by atoms with E-state index in [-0.39, 0.29) is 18.2 Å². The fourth-order valence-electron chi connectivity index (χ4n) is 2.90. The van der Waals surface area contributed by atoms with E-state index in [1.807, 2.05) is 0 Å². The zero-order valence-corrected chi connectivity index (χ0v) is 15.2. The smallest absolute Gasteiger partial charge is 0.345 e. The lowest BCUT2D eigenvalue weighted by Gasteiger charge is -2.28. The van der Waals surface area contributed by atoms with Crippen LogP contribution >= 0.6 is 0 Å². The molecule has 3 rings (SSSR count). The monoisotopic (exact) mass is 417 g/mol. The standard InChI is InChI=1S/C20H17F6NO2/c1-12(14-9-15(19(21,22)23)11-16(10-14)20(24,25)26)29-18-17(27-7-8-28-18)13-5-3-2-4-6-13/h2-6,9-12,18H,7-8H2,1H3/t12-,18-/m1/s1. The normalized spacial score (nSPS) is 19.0. The molecule has 156 valence electrons. The van der Waals surface area contributed by atoms with Crippen LogP contribution in [0.2, 0.25) is 0 Å². The Balaban J connectivity index is 1.91. The maximum Gasteiger partial charge on any atom is 0.416 e. The van der Waals surface area contributed by atoms with Gasteiger partial charge in [-0.15, -0.1) is 0 Å². The van der Waals surface area contributed by atoms with Crippen molar-refractivity contribution in [3.8, 4) is 0 Å². The highest BCUT2D eigenvalue weighted by Crippen LogP contribution is 2.38. The summed E-state index contributed by atoms with van der Waals surface area (Å²) < 4.78 is 89.8. The van der Waals surface area contributed by atoms with Crippen molar-refractivity contribution in [3.05, 3.63) is 70.8 Å². The highest BCUT2D eigenvalue weighted by Gasteiger charge is 2.37. The Morgan fingerprint density at radius 2 is 1.55 bits per heavy atom. The molecule has 0 radical (unpaired) electrons. The van der Waals surface area contributed by atoms with E-state index < -0.39 is 35.9 Å². The summed E-state index contributed by atoms with van der Waals surface area (Å²) in [6.07, 6.45) is -12.0. The predicted molar refractivity (Wildman–Crippen MR) is 93.5 cm³/mol. The number of rotatable bonds is 4. The number of halogens is 6. The number of aliphatic imine (C=N–C) groups is 1. The fourth-order valence-corrected chi connectivity index (χ4v) is 2.90. The van der Waals surface area contributed by atoms with Crippen LogP contribution in [0.1, 0.15) is 35.3 Å². The van der Waals surface area contributed by atoms with Crippen molar-refractivity contribution in [1.82, 2.24) is 0 Å². The minimum Gasteiger partial charge on any atom is -0.345 e. The van der Waals surface area contributed by atoms with Gasteiger partial charge in [0, 0.05) is 5.56 Å². The molecule has 0 N–H and O–H groups in total. The van der Waals surface area contributed by atoms with E-state index in [0.29, 0.717) is 30.0 Å². The Kier molecular flexibility index (Phi) is 6.00. The Hall–Kier alpha value is -2.39. The van der Waals surface area contributed by atoms with Crippen molar-refractivity contribution in [2.75, 3.05) is 13.2 Å². The molecule has 2 aromatic carbocycles. The van der Waals surface area contributed by atoms with Crippen molar-refractivity contribution in [2.45, 2.75) is 31.7 Å². The maximum absolute atomic E-state index is 13.1. The molecule has 0 bridgehead atoms.